The summed E-state index contributed by atoms with van der Waals surface area (Å²) in [7, 11) is -3.29. The van der Waals surface area contributed by atoms with Crippen molar-refractivity contribution in [1.29, 1.82) is 0 Å². The van der Waals surface area contributed by atoms with Gasteiger partial charge in [-0.3, -0.25) is 0 Å². The van der Waals surface area contributed by atoms with E-state index in [9.17, 15) is 8.42 Å². The van der Waals surface area contributed by atoms with Gasteiger partial charge in [0.15, 0.2) is 0 Å². The molecule has 18 heavy (non-hydrogen) atoms. The first kappa shape index (κ1) is 12.2. The van der Waals surface area contributed by atoms with E-state index >= 15 is 0 Å². The highest BCUT2D eigenvalue weighted by Crippen LogP contribution is 2.38. The van der Waals surface area contributed by atoms with Gasteiger partial charge in [0.25, 0.3) is 0 Å². The molecule has 3 rings (SSSR count). The number of nitrogens with zero attached hydrogens (tertiary/aromatic N) is 1. The van der Waals surface area contributed by atoms with Crippen LogP contribution in [-0.2, 0) is 10.0 Å². The molecule has 0 amide bonds. The summed E-state index contributed by atoms with van der Waals surface area (Å²) >= 11 is 0. The van der Waals surface area contributed by atoms with Crippen LogP contribution in [0.25, 0.3) is 0 Å². The minimum absolute atomic E-state index is 0.239. The lowest BCUT2D eigenvalue weighted by Crippen LogP contribution is -2.40. The second-order valence-electron chi connectivity index (χ2n) is 5.32. The quantitative estimate of drug-likeness (QED) is 0.839. The van der Waals surface area contributed by atoms with Gasteiger partial charge in [0.2, 0.25) is 10.0 Å². The van der Waals surface area contributed by atoms with E-state index in [1.165, 1.54) is 0 Å². The highest BCUT2D eigenvalue weighted by molar-refractivity contribution is 7.89. The Balaban J connectivity index is 1.94. The lowest BCUT2D eigenvalue weighted by atomic mass is 10.2. The van der Waals surface area contributed by atoms with Crippen molar-refractivity contribution in [3.63, 3.8) is 0 Å². The van der Waals surface area contributed by atoms with Gasteiger partial charge < -0.3 is 0 Å². The largest absolute Gasteiger partial charge is 0.243 e. The SMILES string of the molecule is O=S(=O)(c1ccccc1)N(C1CCCC1)C1CC1. The maximum Gasteiger partial charge on any atom is 0.243 e. The second kappa shape index (κ2) is 4.67. The fraction of sp³-hybridized carbons (Fsp3) is 0.571. The summed E-state index contributed by atoms with van der Waals surface area (Å²) in [4.78, 5) is 0.448. The number of sulfonamides is 1. The van der Waals surface area contributed by atoms with Crippen LogP contribution < -0.4 is 0 Å². The van der Waals surface area contributed by atoms with Gasteiger partial charge in [0, 0.05) is 12.1 Å². The van der Waals surface area contributed by atoms with Gasteiger partial charge in [-0.1, -0.05) is 31.0 Å². The Hall–Kier alpha value is -0.870. The molecule has 2 saturated carbocycles. The molecule has 0 heterocycles. The smallest absolute Gasteiger partial charge is 0.207 e. The summed E-state index contributed by atoms with van der Waals surface area (Å²) < 4.78 is 27.3. The van der Waals surface area contributed by atoms with E-state index in [-0.39, 0.29) is 12.1 Å². The summed E-state index contributed by atoms with van der Waals surface area (Å²) in [6.07, 6.45) is 6.45. The van der Waals surface area contributed by atoms with Gasteiger partial charge in [-0.25, -0.2) is 8.42 Å². The predicted molar refractivity (Wildman–Crippen MR) is 70.7 cm³/mol. The van der Waals surface area contributed by atoms with Crippen LogP contribution in [-0.4, -0.2) is 24.8 Å². The molecule has 4 heteroatoms. The van der Waals surface area contributed by atoms with Crippen LogP contribution in [0.3, 0.4) is 0 Å². The Bertz CT molecular complexity index is 502. The lowest BCUT2D eigenvalue weighted by molar-refractivity contribution is 0.314. The van der Waals surface area contributed by atoms with Crippen molar-refractivity contribution in [3.05, 3.63) is 30.3 Å². The van der Waals surface area contributed by atoms with Crippen LogP contribution in [0.1, 0.15) is 38.5 Å². The van der Waals surface area contributed by atoms with E-state index in [4.69, 9.17) is 0 Å². The molecule has 0 aliphatic heterocycles. The second-order valence-corrected chi connectivity index (χ2v) is 7.16. The number of hydrogen-bond acceptors (Lipinski definition) is 2. The van der Waals surface area contributed by atoms with Crippen LogP contribution in [0.4, 0.5) is 0 Å². The molecule has 0 radical (unpaired) electrons. The summed E-state index contributed by atoms with van der Waals surface area (Å²) in [5.41, 5.74) is 0. The van der Waals surface area contributed by atoms with Crippen LogP contribution in [0.5, 0.6) is 0 Å². The van der Waals surface area contributed by atoms with Crippen LogP contribution in [0.2, 0.25) is 0 Å². The minimum Gasteiger partial charge on any atom is -0.207 e. The highest BCUT2D eigenvalue weighted by Gasteiger charge is 2.43. The van der Waals surface area contributed by atoms with E-state index in [0.717, 1.165) is 38.5 Å². The maximum atomic E-state index is 12.7. The van der Waals surface area contributed by atoms with Gasteiger partial charge >= 0.3 is 0 Å². The van der Waals surface area contributed by atoms with E-state index in [1.807, 2.05) is 10.4 Å². The van der Waals surface area contributed by atoms with Gasteiger partial charge in [-0.05, 0) is 37.8 Å². The zero-order valence-electron chi connectivity index (χ0n) is 10.5. The van der Waals surface area contributed by atoms with Crippen molar-refractivity contribution in [2.75, 3.05) is 0 Å². The molecule has 3 nitrogen and oxygen atoms in total. The first-order valence-electron chi connectivity index (χ1n) is 6.78. The molecular formula is C14H19NO2S. The van der Waals surface area contributed by atoms with Gasteiger partial charge in [0.05, 0.1) is 4.90 Å². The van der Waals surface area contributed by atoms with Crippen molar-refractivity contribution in [2.45, 2.75) is 55.5 Å². The summed E-state index contributed by atoms with van der Waals surface area (Å²) in [5.74, 6) is 0. The molecule has 1 aromatic carbocycles. The highest BCUT2D eigenvalue weighted by atomic mass is 32.2. The van der Waals surface area contributed by atoms with Crippen LogP contribution >= 0.6 is 0 Å². The Kier molecular flexibility index (Phi) is 3.16. The Labute approximate surface area is 109 Å². The van der Waals surface area contributed by atoms with Gasteiger partial charge in [-0.2, -0.15) is 4.31 Å². The van der Waals surface area contributed by atoms with Crippen molar-refractivity contribution in [2.24, 2.45) is 0 Å². The normalized spacial score (nSPS) is 21.6. The summed E-state index contributed by atoms with van der Waals surface area (Å²) in [6.45, 7) is 0. The molecule has 0 unspecified atom stereocenters. The molecule has 0 saturated heterocycles. The molecule has 2 fully saturated rings. The van der Waals surface area contributed by atoms with Crippen molar-refractivity contribution in [1.82, 2.24) is 4.31 Å². The summed E-state index contributed by atoms with van der Waals surface area (Å²) in [6, 6.07) is 9.37. The first-order valence-corrected chi connectivity index (χ1v) is 8.22. The van der Waals surface area contributed by atoms with Gasteiger partial charge in [-0.15, -0.1) is 0 Å². The molecule has 0 spiro atoms. The van der Waals surface area contributed by atoms with E-state index in [2.05, 4.69) is 0 Å². The van der Waals surface area contributed by atoms with Crippen LogP contribution in [0, 0.1) is 0 Å². The molecule has 0 N–H and O–H groups in total. The zero-order valence-corrected chi connectivity index (χ0v) is 11.3. The fourth-order valence-electron chi connectivity index (χ4n) is 2.89. The third kappa shape index (κ3) is 2.19. The third-order valence-corrected chi connectivity index (χ3v) is 5.93. The minimum atomic E-state index is -3.29. The average molecular weight is 265 g/mol. The predicted octanol–water partition coefficient (Wildman–Crippen LogP) is 2.78. The Morgan fingerprint density at radius 3 is 2.00 bits per heavy atom. The molecule has 0 aromatic heterocycles. The van der Waals surface area contributed by atoms with Crippen molar-refractivity contribution >= 4 is 10.0 Å². The first-order chi connectivity index (χ1) is 8.69. The zero-order chi connectivity index (χ0) is 12.6. The van der Waals surface area contributed by atoms with E-state index < -0.39 is 10.0 Å². The number of benzene rings is 1. The summed E-state index contributed by atoms with van der Waals surface area (Å²) in [5, 5.41) is 0. The number of hydrogen-bond donors (Lipinski definition) is 0. The van der Waals surface area contributed by atoms with Crippen LogP contribution in [0.15, 0.2) is 35.2 Å². The standard InChI is InChI=1S/C14H19NO2S/c16-18(17,14-8-2-1-3-9-14)15(13-10-11-13)12-6-4-5-7-12/h1-3,8-9,12-13H,4-7,10-11H2. The topological polar surface area (TPSA) is 37.4 Å². The van der Waals surface area contributed by atoms with Gasteiger partial charge in [0.1, 0.15) is 0 Å². The molecule has 2 aliphatic rings. The number of rotatable bonds is 4. The Morgan fingerprint density at radius 1 is 0.889 bits per heavy atom. The fourth-order valence-corrected chi connectivity index (χ4v) is 4.84. The average Bonchev–Trinajstić information content (AvgIpc) is 3.05. The molecule has 2 aliphatic carbocycles. The monoisotopic (exact) mass is 265 g/mol. The molecule has 0 atom stereocenters. The Morgan fingerprint density at radius 2 is 1.44 bits per heavy atom. The lowest BCUT2D eigenvalue weighted by Gasteiger charge is -2.28. The molecule has 98 valence electrons. The maximum absolute atomic E-state index is 12.7. The van der Waals surface area contributed by atoms with E-state index in [1.54, 1.807) is 24.3 Å². The van der Waals surface area contributed by atoms with E-state index in [0.29, 0.717) is 4.90 Å². The van der Waals surface area contributed by atoms with Crippen molar-refractivity contribution < 1.29 is 8.42 Å². The third-order valence-electron chi connectivity index (χ3n) is 3.91. The van der Waals surface area contributed by atoms with Crippen molar-refractivity contribution in [3.8, 4) is 0 Å². The molecular weight excluding hydrogens is 246 g/mol. The molecule has 0 bridgehead atoms. The molecule has 1 aromatic rings.